The SMILES string of the molecule is Cc1ccc(C(=O)COC(=O)[C@H](CC(=O)c2ccccc2)Nc2ccc(F)cc2)cc1C. The van der Waals surface area contributed by atoms with Crippen molar-refractivity contribution in [2.24, 2.45) is 0 Å². The Morgan fingerprint density at radius 2 is 1.53 bits per heavy atom. The number of aryl methyl sites for hydroxylation is 2. The lowest BCUT2D eigenvalue weighted by molar-refractivity contribution is -0.143. The second-order valence-electron chi connectivity index (χ2n) is 7.53. The van der Waals surface area contributed by atoms with Gasteiger partial charge in [0.15, 0.2) is 18.2 Å². The minimum absolute atomic E-state index is 0.182. The summed E-state index contributed by atoms with van der Waals surface area (Å²) in [6.45, 7) is 3.40. The van der Waals surface area contributed by atoms with Crippen LogP contribution in [0.1, 0.15) is 38.3 Å². The molecule has 1 atom stereocenters. The molecule has 0 aliphatic rings. The summed E-state index contributed by atoms with van der Waals surface area (Å²) >= 11 is 0. The number of hydrogen-bond donors (Lipinski definition) is 1. The van der Waals surface area contributed by atoms with E-state index in [1.54, 1.807) is 42.5 Å². The van der Waals surface area contributed by atoms with E-state index in [0.29, 0.717) is 16.8 Å². The van der Waals surface area contributed by atoms with E-state index < -0.39 is 24.4 Å². The number of carbonyl (C=O) groups excluding carboxylic acids is 3. The summed E-state index contributed by atoms with van der Waals surface area (Å²) in [5.41, 5.74) is 3.38. The average Bonchev–Trinajstić information content (AvgIpc) is 2.80. The molecule has 0 unspecified atom stereocenters. The molecular formula is C26H24FNO4. The van der Waals surface area contributed by atoms with Crippen LogP contribution in [0.4, 0.5) is 10.1 Å². The van der Waals surface area contributed by atoms with E-state index in [4.69, 9.17) is 4.74 Å². The lowest BCUT2D eigenvalue weighted by atomic mass is 10.0. The maximum absolute atomic E-state index is 13.2. The number of ketones is 2. The van der Waals surface area contributed by atoms with E-state index in [-0.39, 0.29) is 18.0 Å². The summed E-state index contributed by atoms with van der Waals surface area (Å²) < 4.78 is 18.5. The van der Waals surface area contributed by atoms with Gasteiger partial charge < -0.3 is 10.1 Å². The van der Waals surface area contributed by atoms with Gasteiger partial charge in [-0.2, -0.15) is 0 Å². The minimum atomic E-state index is -1.04. The molecule has 164 valence electrons. The van der Waals surface area contributed by atoms with E-state index in [9.17, 15) is 18.8 Å². The number of ether oxygens (including phenoxy) is 1. The third-order valence-corrected chi connectivity index (χ3v) is 5.13. The van der Waals surface area contributed by atoms with Gasteiger partial charge in [-0.3, -0.25) is 9.59 Å². The third-order valence-electron chi connectivity index (χ3n) is 5.13. The van der Waals surface area contributed by atoms with Gasteiger partial charge in [-0.15, -0.1) is 0 Å². The van der Waals surface area contributed by atoms with Crippen LogP contribution < -0.4 is 5.32 Å². The zero-order valence-corrected chi connectivity index (χ0v) is 17.9. The first-order valence-corrected chi connectivity index (χ1v) is 10.2. The molecule has 3 aromatic carbocycles. The predicted molar refractivity (Wildman–Crippen MR) is 120 cm³/mol. The number of halogens is 1. The van der Waals surface area contributed by atoms with E-state index in [1.165, 1.54) is 24.3 Å². The summed E-state index contributed by atoms with van der Waals surface area (Å²) in [5, 5.41) is 2.91. The lowest BCUT2D eigenvalue weighted by Gasteiger charge is -2.18. The third kappa shape index (κ3) is 6.11. The molecule has 3 rings (SSSR count). The van der Waals surface area contributed by atoms with Crippen LogP contribution in [0.5, 0.6) is 0 Å². The minimum Gasteiger partial charge on any atom is -0.456 e. The van der Waals surface area contributed by atoms with Crippen molar-refractivity contribution in [2.45, 2.75) is 26.3 Å². The molecule has 32 heavy (non-hydrogen) atoms. The first-order valence-electron chi connectivity index (χ1n) is 10.2. The molecule has 0 saturated carbocycles. The van der Waals surface area contributed by atoms with Crippen molar-refractivity contribution in [3.05, 3.63) is 101 Å². The van der Waals surface area contributed by atoms with Gasteiger partial charge in [-0.05, 0) is 55.3 Å². The van der Waals surface area contributed by atoms with Crippen LogP contribution in [0.15, 0.2) is 72.8 Å². The van der Waals surface area contributed by atoms with Gasteiger partial charge in [0.05, 0.1) is 0 Å². The van der Waals surface area contributed by atoms with Crippen LogP contribution in [0, 0.1) is 19.7 Å². The van der Waals surface area contributed by atoms with Crippen LogP contribution in [0.25, 0.3) is 0 Å². The Morgan fingerprint density at radius 3 is 2.19 bits per heavy atom. The first kappa shape index (κ1) is 22.9. The molecule has 1 N–H and O–H groups in total. The summed E-state index contributed by atoms with van der Waals surface area (Å²) in [7, 11) is 0. The second kappa shape index (κ2) is 10.5. The van der Waals surface area contributed by atoms with Crippen LogP contribution in [-0.4, -0.2) is 30.2 Å². The van der Waals surface area contributed by atoms with Crippen LogP contribution in [-0.2, 0) is 9.53 Å². The number of benzene rings is 3. The zero-order chi connectivity index (χ0) is 23.1. The molecule has 0 heterocycles. The molecule has 0 aromatic heterocycles. The smallest absolute Gasteiger partial charge is 0.329 e. The molecule has 6 heteroatoms. The normalized spacial score (nSPS) is 11.5. The number of anilines is 1. The Kier molecular flexibility index (Phi) is 7.49. The molecule has 0 spiro atoms. The highest BCUT2D eigenvalue weighted by molar-refractivity contribution is 6.01. The van der Waals surface area contributed by atoms with Gasteiger partial charge in [0, 0.05) is 23.2 Å². The van der Waals surface area contributed by atoms with Crippen molar-refractivity contribution in [1.82, 2.24) is 0 Å². The molecule has 3 aromatic rings. The highest BCUT2D eigenvalue weighted by Crippen LogP contribution is 2.15. The standard InChI is InChI=1S/C26H24FNO4/c1-17-8-9-20(14-18(17)2)25(30)16-32-26(31)23(28-22-12-10-21(27)11-13-22)15-24(29)19-6-4-3-5-7-19/h3-14,23,28H,15-16H2,1-2H3/t23-/m0/s1. The number of esters is 1. The number of hydrogen-bond acceptors (Lipinski definition) is 5. The molecule has 0 bridgehead atoms. The van der Waals surface area contributed by atoms with Crippen molar-refractivity contribution in [3.8, 4) is 0 Å². The van der Waals surface area contributed by atoms with Crippen molar-refractivity contribution in [1.29, 1.82) is 0 Å². The van der Waals surface area contributed by atoms with Gasteiger partial charge in [0.1, 0.15) is 11.9 Å². The Bertz CT molecular complexity index is 1110. The summed E-state index contributed by atoms with van der Waals surface area (Å²) in [6.07, 6.45) is -0.182. The number of carbonyl (C=O) groups is 3. The fourth-order valence-electron chi connectivity index (χ4n) is 3.10. The van der Waals surface area contributed by atoms with E-state index in [1.807, 2.05) is 19.9 Å². The van der Waals surface area contributed by atoms with Crippen molar-refractivity contribution < 1.29 is 23.5 Å². The molecule has 0 amide bonds. The predicted octanol–water partition coefficient (Wildman–Crippen LogP) is 4.92. The van der Waals surface area contributed by atoms with Crippen LogP contribution in [0.3, 0.4) is 0 Å². The Balaban J connectivity index is 1.71. The summed E-state index contributed by atoms with van der Waals surface area (Å²) in [5.74, 6) is -1.76. The lowest BCUT2D eigenvalue weighted by Crippen LogP contribution is -2.34. The van der Waals surface area contributed by atoms with Crippen LogP contribution in [0.2, 0.25) is 0 Å². The number of rotatable bonds is 9. The maximum Gasteiger partial charge on any atom is 0.329 e. The Hall–Kier alpha value is -3.80. The molecule has 0 radical (unpaired) electrons. The Morgan fingerprint density at radius 1 is 0.844 bits per heavy atom. The maximum atomic E-state index is 13.2. The second-order valence-corrected chi connectivity index (χ2v) is 7.53. The van der Waals surface area contributed by atoms with Gasteiger partial charge in [-0.1, -0.05) is 42.5 Å². The summed E-state index contributed by atoms with van der Waals surface area (Å²) in [4.78, 5) is 37.9. The molecular weight excluding hydrogens is 409 g/mol. The van der Waals surface area contributed by atoms with Crippen LogP contribution >= 0.6 is 0 Å². The fraction of sp³-hybridized carbons (Fsp3) is 0.192. The van der Waals surface area contributed by atoms with Gasteiger partial charge >= 0.3 is 5.97 Å². The van der Waals surface area contributed by atoms with Gasteiger partial charge in [0.25, 0.3) is 0 Å². The molecule has 0 aliphatic heterocycles. The van der Waals surface area contributed by atoms with Crippen molar-refractivity contribution >= 4 is 23.2 Å². The fourth-order valence-corrected chi connectivity index (χ4v) is 3.10. The first-order chi connectivity index (χ1) is 15.3. The molecule has 5 nitrogen and oxygen atoms in total. The highest BCUT2D eigenvalue weighted by atomic mass is 19.1. The average molecular weight is 433 g/mol. The number of Topliss-reactive ketones (excluding diaryl/α,β-unsaturated/α-hetero) is 2. The number of nitrogens with one attached hydrogen (secondary N) is 1. The molecule has 0 aliphatic carbocycles. The molecule has 0 fully saturated rings. The van der Waals surface area contributed by atoms with E-state index >= 15 is 0 Å². The van der Waals surface area contributed by atoms with E-state index in [0.717, 1.165) is 11.1 Å². The largest absolute Gasteiger partial charge is 0.456 e. The van der Waals surface area contributed by atoms with Crippen molar-refractivity contribution in [3.63, 3.8) is 0 Å². The van der Waals surface area contributed by atoms with E-state index in [2.05, 4.69) is 5.32 Å². The molecule has 0 saturated heterocycles. The Labute approximate surface area is 186 Å². The topological polar surface area (TPSA) is 72.5 Å². The van der Waals surface area contributed by atoms with Gasteiger partial charge in [0.2, 0.25) is 0 Å². The summed E-state index contributed by atoms with van der Waals surface area (Å²) in [6, 6.07) is 18.2. The zero-order valence-electron chi connectivity index (χ0n) is 17.9. The van der Waals surface area contributed by atoms with Crippen molar-refractivity contribution in [2.75, 3.05) is 11.9 Å². The highest BCUT2D eigenvalue weighted by Gasteiger charge is 2.25. The quantitative estimate of drug-likeness (QED) is 0.383. The monoisotopic (exact) mass is 433 g/mol. The van der Waals surface area contributed by atoms with Gasteiger partial charge in [-0.25, -0.2) is 9.18 Å².